The average Bonchev–Trinajstić information content (AvgIpc) is 3.28. The van der Waals surface area contributed by atoms with Gasteiger partial charge in [0.15, 0.2) is 0 Å². The minimum atomic E-state index is -1.56. The number of halogens is 1. The molecule has 0 aliphatic carbocycles. The van der Waals surface area contributed by atoms with Crippen LogP contribution in [-0.2, 0) is 27.1 Å². The number of aldehydes is 1. The molecule has 2 heterocycles. The second-order valence-corrected chi connectivity index (χ2v) is 11.5. The summed E-state index contributed by atoms with van der Waals surface area (Å²) in [6.45, 7) is 4.67. The topological polar surface area (TPSA) is 84.8 Å². The summed E-state index contributed by atoms with van der Waals surface area (Å²) >= 11 is 7.43. The molecule has 10 heteroatoms. The first-order valence-corrected chi connectivity index (χ1v) is 13.2. The Morgan fingerprint density at radius 2 is 2.03 bits per heavy atom. The van der Waals surface area contributed by atoms with Crippen molar-refractivity contribution in [2.45, 2.75) is 16.8 Å². The number of benzene rings is 2. The van der Waals surface area contributed by atoms with E-state index >= 15 is 0 Å². The van der Waals surface area contributed by atoms with Gasteiger partial charge in [-0.1, -0.05) is 48.0 Å². The van der Waals surface area contributed by atoms with E-state index in [4.69, 9.17) is 17.0 Å². The average molecular weight is 529 g/mol. The van der Waals surface area contributed by atoms with E-state index in [1.807, 2.05) is 49.5 Å². The maximum Gasteiger partial charge on any atom is 0.238 e. The van der Waals surface area contributed by atoms with E-state index in [9.17, 15) is 13.8 Å². The first-order chi connectivity index (χ1) is 16.8. The Morgan fingerprint density at radius 3 is 2.71 bits per heavy atom. The Balaban J connectivity index is 1.45. The molecule has 0 saturated carbocycles. The molecule has 2 unspecified atom stereocenters. The number of nitrogens with zero attached hydrogens (tertiary/aromatic N) is 3. The maximum atomic E-state index is 13.2. The predicted octanol–water partition coefficient (Wildman–Crippen LogP) is 3.93. The molecule has 2 aromatic carbocycles. The summed E-state index contributed by atoms with van der Waals surface area (Å²) in [7, 11) is 0.261. The second kappa shape index (κ2) is 10.8. The van der Waals surface area contributed by atoms with E-state index in [1.165, 1.54) is 16.2 Å². The number of carbonyl (C=O) groups excluding carboxylic acids is 2. The van der Waals surface area contributed by atoms with Gasteiger partial charge in [-0.15, -0.1) is 17.9 Å². The van der Waals surface area contributed by atoms with Gasteiger partial charge in [0.1, 0.15) is 33.4 Å². The minimum Gasteiger partial charge on any atom is -0.356 e. The van der Waals surface area contributed by atoms with Crippen LogP contribution in [0.15, 0.2) is 65.4 Å². The molecule has 2 atom stereocenters. The Labute approximate surface area is 215 Å². The fraction of sp³-hybridized carbons (Fsp3) is 0.240. The molecular weight excluding hydrogens is 504 g/mol. The summed E-state index contributed by atoms with van der Waals surface area (Å²) in [5.74, 6) is 0.117. The van der Waals surface area contributed by atoms with E-state index in [1.54, 1.807) is 21.3 Å². The number of carbonyl (C=O) groups is 2. The van der Waals surface area contributed by atoms with Crippen LogP contribution in [0.25, 0.3) is 10.1 Å². The summed E-state index contributed by atoms with van der Waals surface area (Å²) in [6.07, 6.45) is 2.47. The normalized spacial score (nSPS) is 17.4. The zero-order valence-corrected chi connectivity index (χ0v) is 21.5. The molecule has 1 fully saturated rings. The third-order valence-corrected chi connectivity index (χ3v) is 8.83. The van der Waals surface area contributed by atoms with E-state index < -0.39 is 17.0 Å². The largest absolute Gasteiger partial charge is 0.356 e. The van der Waals surface area contributed by atoms with Crippen LogP contribution in [0.1, 0.15) is 11.1 Å². The van der Waals surface area contributed by atoms with Gasteiger partial charge in [-0.3, -0.25) is 10.2 Å². The second-order valence-electron chi connectivity index (χ2n) is 8.26. The van der Waals surface area contributed by atoms with Crippen molar-refractivity contribution in [1.82, 2.24) is 14.1 Å². The number of hydrogen-bond acceptors (Lipinski definition) is 5. The van der Waals surface area contributed by atoms with Crippen LogP contribution in [-0.4, -0.2) is 69.1 Å². The molecule has 3 aromatic rings. The Hall–Kier alpha value is -2.85. The summed E-state index contributed by atoms with van der Waals surface area (Å²) in [4.78, 5) is 28.2. The van der Waals surface area contributed by atoms with Gasteiger partial charge in [0.2, 0.25) is 5.91 Å². The van der Waals surface area contributed by atoms with Crippen molar-refractivity contribution >= 4 is 62.0 Å². The van der Waals surface area contributed by atoms with Crippen LogP contribution in [0, 0.1) is 5.41 Å². The summed E-state index contributed by atoms with van der Waals surface area (Å²) in [6, 6.07) is 14.0. The Morgan fingerprint density at radius 1 is 1.29 bits per heavy atom. The number of nitrogens with one attached hydrogen (secondary N) is 1. The first kappa shape index (κ1) is 25.2. The molecule has 1 aliphatic heterocycles. The molecule has 7 nitrogen and oxygen atoms in total. The van der Waals surface area contributed by atoms with Gasteiger partial charge >= 0.3 is 0 Å². The fourth-order valence-corrected chi connectivity index (χ4v) is 6.85. The minimum absolute atomic E-state index is 0.0406. The summed E-state index contributed by atoms with van der Waals surface area (Å²) < 4.78 is 16.3. The molecule has 0 radical (unpaired) electrons. The number of likely N-dealkylation sites (N-methyl/N-ethyl adjacent to an activating group) is 1. The molecule has 0 bridgehead atoms. The third kappa shape index (κ3) is 5.54. The van der Waals surface area contributed by atoms with Gasteiger partial charge in [-0.25, -0.2) is 8.51 Å². The van der Waals surface area contributed by atoms with Gasteiger partial charge < -0.3 is 14.6 Å². The summed E-state index contributed by atoms with van der Waals surface area (Å²) in [5.41, 5.74) is 1.60. The lowest BCUT2D eigenvalue weighted by atomic mass is 10.1. The predicted molar refractivity (Wildman–Crippen MR) is 141 cm³/mol. The number of piperazine rings is 1. The zero-order valence-electron chi connectivity index (χ0n) is 19.1. The number of hydrogen-bond donors (Lipinski definition) is 1. The van der Waals surface area contributed by atoms with Crippen molar-refractivity contribution in [1.29, 1.82) is 5.41 Å². The van der Waals surface area contributed by atoms with Gasteiger partial charge in [0.25, 0.3) is 0 Å². The molecule has 182 valence electrons. The quantitative estimate of drug-likeness (QED) is 0.208. The highest BCUT2D eigenvalue weighted by molar-refractivity contribution is 7.85. The first-order valence-electron chi connectivity index (χ1n) is 10.9. The smallest absolute Gasteiger partial charge is 0.238 e. The molecule has 1 N–H and O–H groups in total. The van der Waals surface area contributed by atoms with Crippen molar-refractivity contribution in [3.8, 4) is 0 Å². The highest BCUT2D eigenvalue weighted by Crippen LogP contribution is 2.32. The summed E-state index contributed by atoms with van der Waals surface area (Å²) in [5, 5.41) is 9.81. The van der Waals surface area contributed by atoms with Crippen LogP contribution in [0.2, 0.25) is 5.02 Å². The van der Waals surface area contributed by atoms with Crippen LogP contribution in [0.4, 0.5) is 0 Å². The fourth-order valence-electron chi connectivity index (χ4n) is 3.91. The number of amides is 1. The highest BCUT2D eigenvalue weighted by Gasteiger charge is 2.35. The molecule has 1 amide bonds. The molecule has 1 aliphatic rings. The van der Waals surface area contributed by atoms with Crippen molar-refractivity contribution in [3.63, 3.8) is 0 Å². The maximum absolute atomic E-state index is 13.2. The van der Waals surface area contributed by atoms with Crippen LogP contribution in [0.3, 0.4) is 0 Å². The van der Waals surface area contributed by atoms with Crippen LogP contribution >= 0.6 is 22.9 Å². The van der Waals surface area contributed by atoms with Crippen molar-refractivity contribution in [3.05, 3.63) is 77.3 Å². The molecular formula is C25H25ClN4O3S2. The van der Waals surface area contributed by atoms with Crippen LogP contribution < -0.4 is 0 Å². The van der Waals surface area contributed by atoms with Crippen LogP contribution in [0.5, 0.6) is 0 Å². The lowest BCUT2D eigenvalue weighted by Crippen LogP contribution is -2.56. The molecule has 1 aromatic heterocycles. The SMILES string of the molecule is C=CCN(C)C(=N)c1ccc(CN2C(=O)CN(S(=O)c3cc4ccc(Cl)cc4s3)CC2C=O)cc1. The molecule has 1 saturated heterocycles. The van der Waals surface area contributed by atoms with Crippen molar-refractivity contribution in [2.24, 2.45) is 0 Å². The number of amidine groups is 1. The zero-order chi connectivity index (χ0) is 25.1. The van der Waals surface area contributed by atoms with Gasteiger partial charge in [0.05, 0.1) is 6.54 Å². The number of rotatable bonds is 8. The molecule has 35 heavy (non-hydrogen) atoms. The highest BCUT2D eigenvalue weighted by atomic mass is 35.5. The van der Waals surface area contributed by atoms with E-state index in [0.29, 0.717) is 21.6 Å². The molecule has 4 rings (SSSR count). The Kier molecular flexibility index (Phi) is 7.81. The van der Waals surface area contributed by atoms with Gasteiger partial charge in [0, 0.05) is 42.0 Å². The Bertz CT molecular complexity index is 1310. The number of fused-ring (bicyclic) bond motifs is 1. The monoisotopic (exact) mass is 528 g/mol. The molecule has 0 spiro atoms. The van der Waals surface area contributed by atoms with E-state index in [2.05, 4.69) is 6.58 Å². The number of thiophene rings is 1. The van der Waals surface area contributed by atoms with Gasteiger partial charge in [-0.05, 0) is 29.1 Å². The third-order valence-electron chi connectivity index (χ3n) is 5.81. The van der Waals surface area contributed by atoms with Gasteiger partial charge in [-0.2, -0.15) is 0 Å². The van der Waals surface area contributed by atoms with Crippen molar-refractivity contribution in [2.75, 3.05) is 26.7 Å². The standard InChI is InChI=1S/C25H25ClN4O3S2/c1-3-10-28(2)25(27)18-6-4-17(5-7-18)13-30-21(16-31)14-29(15-23(30)32)35(33)24-11-19-8-9-20(26)12-22(19)34-24/h3-9,11-12,16,21,27H,1,10,13-15H2,2H3. The lowest BCUT2D eigenvalue weighted by Gasteiger charge is -2.37. The lowest BCUT2D eigenvalue weighted by molar-refractivity contribution is -0.141. The van der Waals surface area contributed by atoms with E-state index in [-0.39, 0.29) is 25.5 Å². The van der Waals surface area contributed by atoms with Crippen molar-refractivity contribution < 1.29 is 13.8 Å². The van der Waals surface area contributed by atoms with E-state index in [0.717, 1.165) is 27.5 Å².